The number of ether oxygens (including phenoxy) is 1. The molecule has 0 aromatic heterocycles. The highest BCUT2D eigenvalue weighted by atomic mass is 32.2. The highest BCUT2D eigenvalue weighted by Crippen LogP contribution is 2.31. The maximum Gasteiger partial charge on any atom is 0.335 e. The molecule has 0 bridgehead atoms. The van der Waals surface area contributed by atoms with Crippen molar-refractivity contribution in [3.8, 4) is 0 Å². The Morgan fingerprint density at radius 3 is 2.19 bits per heavy atom. The Bertz CT molecular complexity index is 1130. The van der Waals surface area contributed by atoms with Crippen LogP contribution in [0.4, 0.5) is 4.39 Å². The van der Waals surface area contributed by atoms with Crippen LogP contribution in [0.5, 0.6) is 0 Å². The van der Waals surface area contributed by atoms with Crippen LogP contribution in [0.15, 0.2) is 59.0 Å². The molecule has 0 amide bonds. The van der Waals surface area contributed by atoms with Crippen LogP contribution >= 0.6 is 0 Å². The van der Waals surface area contributed by atoms with Gasteiger partial charge in [0, 0.05) is 11.1 Å². The molecule has 0 aliphatic rings. The lowest BCUT2D eigenvalue weighted by Crippen LogP contribution is -2.40. The Morgan fingerprint density at radius 2 is 1.69 bits per heavy atom. The molecule has 2 N–H and O–H groups in total. The van der Waals surface area contributed by atoms with Crippen molar-refractivity contribution >= 4 is 27.5 Å². The lowest BCUT2D eigenvalue weighted by Gasteiger charge is -2.21. The quantitative estimate of drug-likeness (QED) is 0.456. The third kappa shape index (κ3) is 6.48. The second-order valence-electron chi connectivity index (χ2n) is 8.01. The van der Waals surface area contributed by atoms with E-state index in [2.05, 4.69) is 4.72 Å². The van der Waals surface area contributed by atoms with Crippen molar-refractivity contribution < 1.29 is 32.2 Å². The number of sulfonamides is 1. The number of carbonyl (C=O) groups is 2. The van der Waals surface area contributed by atoms with Gasteiger partial charge in [0.1, 0.15) is 10.7 Å². The van der Waals surface area contributed by atoms with Gasteiger partial charge in [-0.3, -0.25) is 4.79 Å². The zero-order valence-electron chi connectivity index (χ0n) is 18.3. The number of benzene rings is 2. The van der Waals surface area contributed by atoms with Gasteiger partial charge in [0.15, 0.2) is 0 Å². The average molecular weight is 464 g/mol. The summed E-state index contributed by atoms with van der Waals surface area (Å²) in [6, 6.07) is 11.8. The summed E-state index contributed by atoms with van der Waals surface area (Å²) in [5.41, 5.74) is -0.240. The zero-order valence-corrected chi connectivity index (χ0v) is 19.1. The van der Waals surface area contributed by atoms with Crippen molar-refractivity contribution in [2.75, 3.05) is 6.61 Å². The first-order valence-corrected chi connectivity index (χ1v) is 11.4. The van der Waals surface area contributed by atoms with E-state index in [-0.39, 0.29) is 23.3 Å². The Labute approximate surface area is 187 Å². The molecule has 2 aromatic rings. The van der Waals surface area contributed by atoms with E-state index in [9.17, 15) is 27.5 Å². The number of carbonyl (C=O) groups excluding carboxylic acids is 1. The van der Waals surface area contributed by atoms with Gasteiger partial charge in [-0.2, -0.15) is 0 Å². The Hall–Kier alpha value is -3.04. The van der Waals surface area contributed by atoms with Crippen molar-refractivity contribution in [1.82, 2.24) is 4.72 Å². The standard InChI is InChI=1S/C23H26FNO6S/c1-5-31-22(28)17(14-20(26)27)21(15-9-7-6-8-10-15)16-11-12-19(18(24)13-16)32(29,30)25-23(2,3)4/h6-13,25H,5,14H2,1-4H3,(H,26,27)/b21-17+. The second kappa shape index (κ2) is 10.1. The molecule has 0 saturated heterocycles. The molecule has 0 saturated carbocycles. The molecule has 7 nitrogen and oxygen atoms in total. The number of carboxylic acids is 1. The van der Waals surface area contributed by atoms with E-state index in [4.69, 9.17) is 4.74 Å². The molecule has 0 aliphatic heterocycles. The van der Waals surface area contributed by atoms with Crippen LogP contribution in [0.1, 0.15) is 45.2 Å². The molecule has 0 radical (unpaired) electrons. The summed E-state index contributed by atoms with van der Waals surface area (Å²) < 4.78 is 47.6. The molecule has 0 spiro atoms. The van der Waals surface area contributed by atoms with E-state index < -0.39 is 44.6 Å². The van der Waals surface area contributed by atoms with E-state index in [0.29, 0.717) is 5.56 Å². The number of hydrogen-bond donors (Lipinski definition) is 2. The number of rotatable bonds is 8. The van der Waals surface area contributed by atoms with Gasteiger partial charge in [0.05, 0.1) is 18.6 Å². The minimum Gasteiger partial charge on any atom is -0.481 e. The van der Waals surface area contributed by atoms with Gasteiger partial charge in [-0.05, 0) is 51.0 Å². The third-order valence-electron chi connectivity index (χ3n) is 4.16. The first-order valence-electron chi connectivity index (χ1n) is 9.87. The van der Waals surface area contributed by atoms with Crippen LogP contribution in [0, 0.1) is 5.82 Å². The molecular weight excluding hydrogens is 437 g/mol. The minimum absolute atomic E-state index is 0.0219. The van der Waals surface area contributed by atoms with Crippen LogP contribution in [-0.4, -0.2) is 37.6 Å². The molecule has 2 aromatic carbocycles. The number of halogens is 1. The SMILES string of the molecule is CCOC(=O)/C(CC(=O)O)=C(\c1ccccc1)c1ccc(S(=O)(=O)NC(C)(C)C)c(F)c1. The average Bonchev–Trinajstić information content (AvgIpc) is 2.66. The van der Waals surface area contributed by atoms with Crippen LogP contribution in [0.3, 0.4) is 0 Å². The summed E-state index contributed by atoms with van der Waals surface area (Å²) >= 11 is 0. The van der Waals surface area contributed by atoms with Gasteiger partial charge < -0.3 is 9.84 Å². The summed E-state index contributed by atoms with van der Waals surface area (Å²) in [6.45, 7) is 6.49. The van der Waals surface area contributed by atoms with E-state index in [1.165, 1.54) is 6.07 Å². The van der Waals surface area contributed by atoms with Gasteiger partial charge in [0.25, 0.3) is 0 Å². The van der Waals surface area contributed by atoms with Crippen molar-refractivity contribution in [2.45, 2.75) is 44.6 Å². The summed E-state index contributed by atoms with van der Waals surface area (Å²) in [4.78, 5) is 23.5. The maximum absolute atomic E-state index is 15.0. The first kappa shape index (κ1) is 25.2. The van der Waals surface area contributed by atoms with E-state index in [0.717, 1.165) is 12.1 Å². The summed E-state index contributed by atoms with van der Waals surface area (Å²) in [5.74, 6) is -3.15. The van der Waals surface area contributed by atoms with Crippen molar-refractivity contribution in [1.29, 1.82) is 0 Å². The molecule has 172 valence electrons. The predicted octanol–water partition coefficient (Wildman–Crippen LogP) is 3.74. The highest BCUT2D eigenvalue weighted by Gasteiger charge is 2.27. The number of nitrogens with one attached hydrogen (secondary N) is 1. The number of hydrogen-bond acceptors (Lipinski definition) is 5. The van der Waals surface area contributed by atoms with Gasteiger partial charge in [-0.1, -0.05) is 36.4 Å². The fourth-order valence-electron chi connectivity index (χ4n) is 3.08. The first-order chi connectivity index (χ1) is 14.9. The summed E-state index contributed by atoms with van der Waals surface area (Å²) in [7, 11) is -4.15. The number of esters is 1. The molecule has 9 heteroatoms. The minimum atomic E-state index is -4.15. The normalized spacial score (nSPS) is 12.8. The zero-order chi connectivity index (χ0) is 24.1. The topological polar surface area (TPSA) is 110 Å². The summed E-state index contributed by atoms with van der Waals surface area (Å²) in [6.07, 6.45) is -0.656. The van der Waals surface area contributed by atoms with Crippen LogP contribution in [-0.2, 0) is 24.3 Å². The highest BCUT2D eigenvalue weighted by molar-refractivity contribution is 7.89. The van der Waals surface area contributed by atoms with Crippen LogP contribution in [0.2, 0.25) is 0 Å². The Morgan fingerprint density at radius 1 is 1.06 bits per heavy atom. The molecule has 0 atom stereocenters. The van der Waals surface area contributed by atoms with Crippen molar-refractivity contribution in [3.63, 3.8) is 0 Å². The van der Waals surface area contributed by atoms with Crippen molar-refractivity contribution in [3.05, 3.63) is 71.0 Å². The summed E-state index contributed by atoms with van der Waals surface area (Å²) in [5, 5.41) is 9.35. The predicted molar refractivity (Wildman–Crippen MR) is 118 cm³/mol. The molecular formula is C23H26FNO6S. The lowest BCUT2D eigenvalue weighted by molar-refractivity contribution is -0.142. The second-order valence-corrected chi connectivity index (χ2v) is 9.66. The fourth-order valence-corrected chi connectivity index (χ4v) is 4.56. The maximum atomic E-state index is 15.0. The molecule has 0 aliphatic carbocycles. The van der Waals surface area contributed by atoms with E-state index in [1.54, 1.807) is 58.0 Å². The Balaban J connectivity index is 2.74. The molecule has 2 rings (SSSR count). The van der Waals surface area contributed by atoms with Gasteiger partial charge in [-0.25, -0.2) is 22.3 Å². The fraction of sp³-hybridized carbons (Fsp3) is 0.304. The van der Waals surface area contributed by atoms with Gasteiger partial charge >= 0.3 is 11.9 Å². The Kier molecular flexibility index (Phi) is 7.92. The van der Waals surface area contributed by atoms with Gasteiger partial charge in [0.2, 0.25) is 10.0 Å². The van der Waals surface area contributed by atoms with Crippen molar-refractivity contribution in [2.24, 2.45) is 0 Å². The number of carboxylic acid groups (broad SMARTS) is 1. The largest absolute Gasteiger partial charge is 0.481 e. The monoisotopic (exact) mass is 463 g/mol. The van der Waals surface area contributed by atoms with Crippen LogP contribution < -0.4 is 4.72 Å². The van der Waals surface area contributed by atoms with E-state index >= 15 is 0 Å². The van der Waals surface area contributed by atoms with E-state index in [1.807, 2.05) is 0 Å². The molecule has 0 unspecified atom stereocenters. The third-order valence-corrected chi connectivity index (χ3v) is 5.96. The van der Waals surface area contributed by atoms with Gasteiger partial charge in [-0.15, -0.1) is 0 Å². The smallest absolute Gasteiger partial charge is 0.335 e. The molecule has 32 heavy (non-hydrogen) atoms. The number of aliphatic carboxylic acids is 1. The molecule has 0 heterocycles. The lowest BCUT2D eigenvalue weighted by atomic mass is 9.91. The van der Waals surface area contributed by atoms with Crippen LogP contribution in [0.25, 0.3) is 5.57 Å². The molecule has 0 fully saturated rings.